The molecule has 0 aliphatic carbocycles. The molecule has 0 bridgehead atoms. The van der Waals surface area contributed by atoms with Gasteiger partial charge in [0.1, 0.15) is 11.9 Å². The van der Waals surface area contributed by atoms with Crippen LogP contribution in [0.25, 0.3) is 0 Å². The van der Waals surface area contributed by atoms with Gasteiger partial charge in [0.2, 0.25) is 0 Å². The molecule has 1 fully saturated rings. The number of nitrogens with one attached hydrogen (secondary N) is 3. The predicted octanol–water partition coefficient (Wildman–Crippen LogP) is 3.33. The van der Waals surface area contributed by atoms with E-state index in [1.54, 1.807) is 30.3 Å². The van der Waals surface area contributed by atoms with Gasteiger partial charge in [-0.2, -0.15) is 0 Å². The van der Waals surface area contributed by atoms with E-state index in [1.165, 1.54) is 18.2 Å². The zero-order valence-corrected chi connectivity index (χ0v) is 17.6. The number of ether oxygens (including phenoxy) is 1. The van der Waals surface area contributed by atoms with E-state index >= 15 is 0 Å². The number of amides is 3. The highest BCUT2D eigenvalue weighted by molar-refractivity contribution is 6.30. The third kappa shape index (κ3) is 6.65. The number of anilines is 1. The Morgan fingerprint density at radius 2 is 1.87 bits per heavy atom. The molecule has 2 aromatic carbocycles. The Labute approximate surface area is 184 Å². The summed E-state index contributed by atoms with van der Waals surface area (Å²) in [4.78, 5) is 24.3. The molecular weight excluding hydrogens is 425 g/mol. The Bertz CT molecular complexity index is 897. The van der Waals surface area contributed by atoms with Crippen LogP contribution in [-0.2, 0) is 4.74 Å². The van der Waals surface area contributed by atoms with Gasteiger partial charge in [-0.25, -0.2) is 9.18 Å². The fourth-order valence-electron chi connectivity index (χ4n) is 3.47. The molecule has 3 atom stereocenters. The van der Waals surface area contributed by atoms with Gasteiger partial charge in [-0.05, 0) is 55.7 Å². The summed E-state index contributed by atoms with van der Waals surface area (Å²) in [6, 6.07) is 11.8. The normalized spacial score (nSPS) is 20.7. The van der Waals surface area contributed by atoms with Gasteiger partial charge in [0.05, 0.1) is 24.3 Å². The van der Waals surface area contributed by atoms with Crippen molar-refractivity contribution in [1.82, 2.24) is 10.6 Å². The average molecular weight is 450 g/mol. The van der Waals surface area contributed by atoms with Crippen LogP contribution in [0.2, 0.25) is 5.02 Å². The first-order valence-corrected chi connectivity index (χ1v) is 10.5. The Balaban J connectivity index is 1.43. The number of hydrogen-bond acceptors (Lipinski definition) is 4. The number of aliphatic hydroxyl groups excluding tert-OH is 1. The number of carbonyl (C=O) groups excluding carboxylic acids is 2. The molecule has 1 aliphatic heterocycles. The SMILES string of the molecule is O=C(Nc1ccc(Cl)cc1)N[C@@H]1CC[C@@H](CCNC(=O)c2ccccc2F)O[C@@H]1CO. The third-order valence-corrected chi connectivity index (χ3v) is 5.34. The lowest BCUT2D eigenvalue weighted by atomic mass is 9.97. The number of rotatable bonds is 7. The summed E-state index contributed by atoms with van der Waals surface area (Å²) in [6.45, 7) is 0.0646. The molecule has 9 heteroatoms. The summed E-state index contributed by atoms with van der Waals surface area (Å²) in [5.41, 5.74) is 0.596. The second-order valence-electron chi connectivity index (χ2n) is 7.29. The molecule has 0 saturated carbocycles. The van der Waals surface area contributed by atoms with Gasteiger partial charge < -0.3 is 25.8 Å². The molecule has 1 saturated heterocycles. The van der Waals surface area contributed by atoms with E-state index in [1.807, 2.05) is 0 Å². The van der Waals surface area contributed by atoms with Gasteiger partial charge in [-0.15, -0.1) is 0 Å². The van der Waals surface area contributed by atoms with Crippen molar-refractivity contribution in [3.8, 4) is 0 Å². The first-order chi connectivity index (χ1) is 15.0. The van der Waals surface area contributed by atoms with Crippen LogP contribution >= 0.6 is 11.6 Å². The summed E-state index contributed by atoms with van der Waals surface area (Å²) in [5, 5.41) is 18.5. The smallest absolute Gasteiger partial charge is 0.319 e. The first kappa shape index (κ1) is 23.0. The minimum absolute atomic E-state index is 0.00346. The Morgan fingerprint density at radius 1 is 1.13 bits per heavy atom. The van der Waals surface area contributed by atoms with Crippen LogP contribution in [0.1, 0.15) is 29.6 Å². The summed E-state index contributed by atoms with van der Waals surface area (Å²) in [5.74, 6) is -1.05. The van der Waals surface area contributed by atoms with Gasteiger partial charge in [-0.3, -0.25) is 4.79 Å². The van der Waals surface area contributed by atoms with Crippen LogP contribution in [0, 0.1) is 5.82 Å². The van der Waals surface area contributed by atoms with E-state index in [4.69, 9.17) is 16.3 Å². The molecule has 3 amide bonds. The maximum absolute atomic E-state index is 13.7. The number of halogens is 2. The summed E-state index contributed by atoms with van der Waals surface area (Å²) in [6.07, 6.45) is 1.04. The largest absolute Gasteiger partial charge is 0.394 e. The van der Waals surface area contributed by atoms with Crippen molar-refractivity contribution in [2.75, 3.05) is 18.5 Å². The second-order valence-corrected chi connectivity index (χ2v) is 7.73. The quantitative estimate of drug-likeness (QED) is 0.521. The summed E-state index contributed by atoms with van der Waals surface area (Å²) in [7, 11) is 0. The van der Waals surface area contributed by atoms with Crippen LogP contribution in [0.3, 0.4) is 0 Å². The van der Waals surface area contributed by atoms with Crippen LogP contribution in [0.15, 0.2) is 48.5 Å². The number of urea groups is 1. The van der Waals surface area contributed by atoms with E-state index < -0.39 is 23.9 Å². The molecule has 0 unspecified atom stereocenters. The summed E-state index contributed by atoms with van der Waals surface area (Å²) < 4.78 is 19.6. The van der Waals surface area contributed by atoms with E-state index in [0.29, 0.717) is 36.5 Å². The third-order valence-electron chi connectivity index (χ3n) is 5.08. The average Bonchev–Trinajstić information content (AvgIpc) is 2.76. The van der Waals surface area contributed by atoms with E-state index in [0.717, 1.165) is 0 Å². The second kappa shape index (κ2) is 11.1. The van der Waals surface area contributed by atoms with Crippen molar-refractivity contribution in [2.24, 2.45) is 0 Å². The monoisotopic (exact) mass is 449 g/mol. The number of aliphatic hydroxyl groups is 1. The van der Waals surface area contributed by atoms with Crippen molar-refractivity contribution in [2.45, 2.75) is 37.5 Å². The lowest BCUT2D eigenvalue weighted by Crippen LogP contribution is -2.52. The molecule has 1 aliphatic rings. The molecule has 0 spiro atoms. The Morgan fingerprint density at radius 3 is 2.58 bits per heavy atom. The molecule has 3 rings (SSSR count). The van der Waals surface area contributed by atoms with E-state index in [9.17, 15) is 19.1 Å². The maximum atomic E-state index is 13.7. The topological polar surface area (TPSA) is 99.7 Å². The van der Waals surface area contributed by atoms with Crippen molar-refractivity contribution >= 4 is 29.2 Å². The minimum Gasteiger partial charge on any atom is -0.394 e. The zero-order valence-electron chi connectivity index (χ0n) is 16.8. The number of hydrogen-bond donors (Lipinski definition) is 4. The van der Waals surface area contributed by atoms with E-state index in [-0.39, 0.29) is 24.3 Å². The maximum Gasteiger partial charge on any atom is 0.319 e. The zero-order chi connectivity index (χ0) is 22.2. The molecular formula is C22H25ClFN3O4. The predicted molar refractivity (Wildman–Crippen MR) is 116 cm³/mol. The lowest BCUT2D eigenvalue weighted by Gasteiger charge is -2.36. The molecule has 0 aromatic heterocycles. The highest BCUT2D eigenvalue weighted by Crippen LogP contribution is 2.22. The molecule has 1 heterocycles. The molecule has 166 valence electrons. The minimum atomic E-state index is -0.569. The van der Waals surface area contributed by atoms with Gasteiger partial charge in [0.15, 0.2) is 0 Å². The Hall–Kier alpha value is -2.68. The fourth-order valence-corrected chi connectivity index (χ4v) is 3.59. The van der Waals surface area contributed by atoms with Crippen LogP contribution in [-0.4, -0.2) is 48.4 Å². The van der Waals surface area contributed by atoms with Gasteiger partial charge in [0, 0.05) is 17.3 Å². The molecule has 31 heavy (non-hydrogen) atoms. The van der Waals surface area contributed by atoms with Crippen molar-refractivity contribution < 1.29 is 23.8 Å². The molecule has 0 radical (unpaired) electrons. The fraction of sp³-hybridized carbons (Fsp3) is 0.364. The standard InChI is InChI=1S/C22H25ClFN3O4/c23-14-5-7-15(8-6-14)26-22(30)27-19-10-9-16(31-20(19)13-28)11-12-25-21(29)17-3-1-2-4-18(17)24/h1-8,16,19-20,28H,9-13H2,(H,25,29)(H2,26,27,30)/t16-,19+,20+/m0/s1. The first-order valence-electron chi connectivity index (χ1n) is 10.1. The van der Waals surface area contributed by atoms with Crippen molar-refractivity contribution in [1.29, 1.82) is 0 Å². The number of benzene rings is 2. The van der Waals surface area contributed by atoms with Crippen LogP contribution in [0.4, 0.5) is 14.9 Å². The summed E-state index contributed by atoms with van der Waals surface area (Å²) >= 11 is 5.83. The van der Waals surface area contributed by atoms with Crippen LogP contribution in [0.5, 0.6) is 0 Å². The number of carbonyl (C=O) groups is 2. The highest BCUT2D eigenvalue weighted by Gasteiger charge is 2.31. The van der Waals surface area contributed by atoms with Crippen molar-refractivity contribution in [3.05, 3.63) is 64.9 Å². The lowest BCUT2D eigenvalue weighted by molar-refractivity contribution is -0.0886. The van der Waals surface area contributed by atoms with Gasteiger partial charge in [-0.1, -0.05) is 23.7 Å². The van der Waals surface area contributed by atoms with Gasteiger partial charge in [0.25, 0.3) is 5.91 Å². The molecule has 2 aromatic rings. The van der Waals surface area contributed by atoms with E-state index in [2.05, 4.69) is 16.0 Å². The van der Waals surface area contributed by atoms with Gasteiger partial charge >= 0.3 is 6.03 Å². The highest BCUT2D eigenvalue weighted by atomic mass is 35.5. The molecule has 4 N–H and O–H groups in total. The van der Waals surface area contributed by atoms with Crippen molar-refractivity contribution in [3.63, 3.8) is 0 Å². The Kier molecular flexibility index (Phi) is 8.22. The molecule has 7 nitrogen and oxygen atoms in total. The van der Waals surface area contributed by atoms with Crippen LogP contribution < -0.4 is 16.0 Å².